The highest BCUT2D eigenvalue weighted by Gasteiger charge is 2.17. The number of hydrogen-bond donors (Lipinski definition) is 1. The van der Waals surface area contributed by atoms with Gasteiger partial charge in [-0.25, -0.2) is 0 Å². The van der Waals surface area contributed by atoms with E-state index in [4.69, 9.17) is 4.74 Å². The number of carbonyl (C=O) groups is 1. The molecule has 1 aromatic carbocycles. The van der Waals surface area contributed by atoms with E-state index in [2.05, 4.69) is 15.3 Å². The number of ether oxygens (including phenoxy) is 1. The topological polar surface area (TPSA) is 76.0 Å². The van der Waals surface area contributed by atoms with Gasteiger partial charge in [-0.2, -0.15) is 10.2 Å². The summed E-state index contributed by atoms with van der Waals surface area (Å²) >= 11 is 0. The maximum absolute atomic E-state index is 12.6. The lowest BCUT2D eigenvalue weighted by Gasteiger charge is -2.15. The molecule has 0 saturated heterocycles. The average molecular weight is 325 g/mol. The van der Waals surface area contributed by atoms with Gasteiger partial charge in [-0.1, -0.05) is 12.1 Å². The quantitative estimate of drug-likeness (QED) is 0.779. The molecule has 0 aliphatic carbocycles. The highest BCUT2D eigenvalue weighted by Crippen LogP contribution is 2.23. The molecule has 1 N–H and O–H groups in total. The van der Waals surface area contributed by atoms with Crippen LogP contribution in [-0.4, -0.2) is 44.9 Å². The van der Waals surface area contributed by atoms with Gasteiger partial charge in [0.25, 0.3) is 5.91 Å². The van der Waals surface area contributed by atoms with Crippen LogP contribution >= 0.6 is 0 Å². The minimum Gasteiger partial charge on any atom is -0.497 e. The Labute approximate surface area is 139 Å². The second-order valence-corrected chi connectivity index (χ2v) is 5.51. The van der Waals surface area contributed by atoms with Crippen molar-refractivity contribution < 1.29 is 9.53 Å². The second kappa shape index (κ2) is 6.57. The second-order valence-electron chi connectivity index (χ2n) is 5.51. The SMILES string of the molecule is COc1cccc(-c2cc(C(=O)N(C)Cc3ccnn3C)[nH]n2)c1. The summed E-state index contributed by atoms with van der Waals surface area (Å²) in [5.74, 6) is 0.620. The first kappa shape index (κ1) is 15.8. The van der Waals surface area contributed by atoms with Crippen molar-refractivity contribution in [1.29, 1.82) is 0 Å². The van der Waals surface area contributed by atoms with Gasteiger partial charge in [0.15, 0.2) is 0 Å². The van der Waals surface area contributed by atoms with E-state index < -0.39 is 0 Å². The third-order valence-corrected chi connectivity index (χ3v) is 3.84. The lowest BCUT2D eigenvalue weighted by molar-refractivity contribution is 0.0776. The molecule has 0 unspecified atom stereocenters. The number of rotatable bonds is 5. The fourth-order valence-corrected chi connectivity index (χ4v) is 2.44. The van der Waals surface area contributed by atoms with Gasteiger partial charge in [-0.3, -0.25) is 14.6 Å². The maximum atomic E-state index is 12.6. The molecule has 124 valence electrons. The molecule has 2 heterocycles. The minimum atomic E-state index is -0.127. The average Bonchev–Trinajstić information content (AvgIpc) is 3.24. The number of aromatic amines is 1. The highest BCUT2D eigenvalue weighted by atomic mass is 16.5. The van der Waals surface area contributed by atoms with Crippen LogP contribution in [0.4, 0.5) is 0 Å². The molecule has 3 rings (SSSR count). The van der Waals surface area contributed by atoms with Gasteiger partial charge in [0, 0.05) is 25.9 Å². The number of carbonyl (C=O) groups excluding carboxylic acids is 1. The number of amides is 1. The van der Waals surface area contributed by atoms with Gasteiger partial charge in [-0.05, 0) is 24.3 Å². The van der Waals surface area contributed by atoms with Crippen LogP contribution in [0.25, 0.3) is 11.3 Å². The lowest BCUT2D eigenvalue weighted by Crippen LogP contribution is -2.27. The molecular formula is C17H19N5O2. The molecule has 0 fully saturated rings. The number of nitrogens with one attached hydrogen (secondary N) is 1. The van der Waals surface area contributed by atoms with Crippen LogP contribution in [0.2, 0.25) is 0 Å². The van der Waals surface area contributed by atoms with E-state index in [-0.39, 0.29) is 5.91 Å². The lowest BCUT2D eigenvalue weighted by atomic mass is 10.1. The van der Waals surface area contributed by atoms with Crippen molar-refractivity contribution in [3.8, 4) is 17.0 Å². The van der Waals surface area contributed by atoms with Gasteiger partial charge in [-0.15, -0.1) is 0 Å². The zero-order valence-corrected chi connectivity index (χ0v) is 13.9. The Morgan fingerprint density at radius 3 is 2.88 bits per heavy atom. The van der Waals surface area contributed by atoms with Gasteiger partial charge < -0.3 is 9.64 Å². The molecule has 0 bridgehead atoms. The van der Waals surface area contributed by atoms with Crippen LogP contribution < -0.4 is 4.74 Å². The standard InChI is InChI=1S/C17H19N5O2/c1-21(11-13-7-8-18-22(13)2)17(23)16-10-15(19-20-16)12-5-4-6-14(9-12)24-3/h4-10H,11H2,1-3H3,(H,19,20). The summed E-state index contributed by atoms with van der Waals surface area (Å²) in [5.41, 5.74) is 2.99. The van der Waals surface area contributed by atoms with Crippen molar-refractivity contribution in [1.82, 2.24) is 24.9 Å². The normalized spacial score (nSPS) is 10.6. The van der Waals surface area contributed by atoms with Crippen LogP contribution in [-0.2, 0) is 13.6 Å². The number of aryl methyl sites for hydroxylation is 1. The Hall–Kier alpha value is -3.09. The number of methoxy groups -OCH3 is 1. The van der Waals surface area contributed by atoms with Crippen LogP contribution in [0.3, 0.4) is 0 Å². The van der Waals surface area contributed by atoms with E-state index in [9.17, 15) is 4.79 Å². The monoisotopic (exact) mass is 325 g/mol. The molecule has 1 amide bonds. The van der Waals surface area contributed by atoms with Crippen molar-refractivity contribution >= 4 is 5.91 Å². The maximum Gasteiger partial charge on any atom is 0.271 e. The van der Waals surface area contributed by atoms with Crippen LogP contribution in [0, 0.1) is 0 Å². The molecule has 7 nitrogen and oxygen atoms in total. The summed E-state index contributed by atoms with van der Waals surface area (Å²) in [5, 5.41) is 11.2. The number of hydrogen-bond acceptors (Lipinski definition) is 4. The van der Waals surface area contributed by atoms with Crippen molar-refractivity contribution in [3.63, 3.8) is 0 Å². The third-order valence-electron chi connectivity index (χ3n) is 3.84. The molecule has 7 heteroatoms. The summed E-state index contributed by atoms with van der Waals surface area (Å²) in [4.78, 5) is 14.2. The molecule has 0 saturated carbocycles. The Morgan fingerprint density at radius 2 is 2.17 bits per heavy atom. The predicted molar refractivity (Wildman–Crippen MR) is 89.6 cm³/mol. The Bertz CT molecular complexity index is 852. The Kier molecular flexibility index (Phi) is 4.33. The van der Waals surface area contributed by atoms with E-state index >= 15 is 0 Å². The molecule has 0 radical (unpaired) electrons. The summed E-state index contributed by atoms with van der Waals surface area (Å²) in [6, 6.07) is 11.2. The fraction of sp³-hybridized carbons (Fsp3) is 0.235. The van der Waals surface area contributed by atoms with E-state index in [0.29, 0.717) is 17.9 Å². The molecule has 24 heavy (non-hydrogen) atoms. The number of nitrogens with zero attached hydrogens (tertiary/aromatic N) is 4. The van der Waals surface area contributed by atoms with Gasteiger partial charge in [0.1, 0.15) is 11.4 Å². The number of aromatic nitrogens is 4. The van der Waals surface area contributed by atoms with Crippen LogP contribution in [0.5, 0.6) is 5.75 Å². The first-order valence-corrected chi connectivity index (χ1v) is 7.50. The smallest absolute Gasteiger partial charge is 0.271 e. The van der Waals surface area contributed by atoms with Crippen molar-refractivity contribution in [2.24, 2.45) is 7.05 Å². The van der Waals surface area contributed by atoms with E-state index in [1.807, 2.05) is 37.4 Å². The first-order chi connectivity index (χ1) is 11.6. The Morgan fingerprint density at radius 1 is 1.33 bits per heavy atom. The van der Waals surface area contributed by atoms with Crippen LogP contribution in [0.1, 0.15) is 16.2 Å². The fourth-order valence-electron chi connectivity index (χ4n) is 2.44. The molecule has 0 aliphatic rings. The van der Waals surface area contributed by atoms with Crippen molar-refractivity contribution in [2.75, 3.05) is 14.2 Å². The minimum absolute atomic E-state index is 0.127. The first-order valence-electron chi connectivity index (χ1n) is 7.50. The zero-order valence-electron chi connectivity index (χ0n) is 13.9. The third kappa shape index (κ3) is 3.15. The summed E-state index contributed by atoms with van der Waals surface area (Å²) in [7, 11) is 5.22. The number of benzene rings is 1. The van der Waals surface area contributed by atoms with E-state index in [1.165, 1.54) is 0 Å². The van der Waals surface area contributed by atoms with Crippen LogP contribution in [0.15, 0.2) is 42.6 Å². The largest absolute Gasteiger partial charge is 0.497 e. The van der Waals surface area contributed by atoms with Crippen molar-refractivity contribution in [2.45, 2.75) is 6.54 Å². The van der Waals surface area contributed by atoms with Gasteiger partial charge in [0.05, 0.1) is 25.0 Å². The summed E-state index contributed by atoms with van der Waals surface area (Å²) in [6.45, 7) is 0.475. The molecule has 2 aromatic heterocycles. The van der Waals surface area contributed by atoms with E-state index in [1.54, 1.807) is 36.0 Å². The summed E-state index contributed by atoms with van der Waals surface area (Å²) in [6.07, 6.45) is 1.71. The molecular weight excluding hydrogens is 306 g/mol. The molecule has 0 aliphatic heterocycles. The molecule has 0 spiro atoms. The Balaban J connectivity index is 1.76. The van der Waals surface area contributed by atoms with Gasteiger partial charge >= 0.3 is 0 Å². The van der Waals surface area contributed by atoms with Crippen molar-refractivity contribution in [3.05, 3.63) is 54.0 Å². The summed E-state index contributed by atoms with van der Waals surface area (Å²) < 4.78 is 6.97. The molecule has 0 atom stereocenters. The predicted octanol–water partition coefficient (Wildman–Crippen LogP) is 2.09. The zero-order chi connectivity index (χ0) is 17.1. The van der Waals surface area contributed by atoms with Gasteiger partial charge in [0.2, 0.25) is 0 Å². The number of H-pyrrole nitrogens is 1. The highest BCUT2D eigenvalue weighted by molar-refractivity contribution is 5.93. The van der Waals surface area contributed by atoms with E-state index in [0.717, 1.165) is 17.0 Å². The molecule has 3 aromatic rings.